The number of hydrogen-bond acceptors (Lipinski definition) is 3. The van der Waals surface area contributed by atoms with E-state index in [0.717, 1.165) is 36.3 Å². The molecule has 0 saturated carbocycles. The van der Waals surface area contributed by atoms with E-state index < -0.39 is 11.7 Å². The van der Waals surface area contributed by atoms with Crippen LogP contribution in [0.25, 0.3) is 22.7 Å². The lowest BCUT2D eigenvalue weighted by Gasteiger charge is -2.33. The number of carbonyl (C=O) groups excluding carboxylic acids is 2. The van der Waals surface area contributed by atoms with Crippen molar-refractivity contribution in [2.45, 2.75) is 0 Å². The Hall–Kier alpha value is -3.96. The summed E-state index contributed by atoms with van der Waals surface area (Å²) in [6.07, 6.45) is 6.11. The molecule has 1 aliphatic heterocycles. The number of fused-ring (bicyclic) bond motifs is 1. The summed E-state index contributed by atoms with van der Waals surface area (Å²) in [5.41, 5.74) is 4.22. The molecule has 34 heavy (non-hydrogen) atoms. The fourth-order valence-electron chi connectivity index (χ4n) is 4.47. The summed E-state index contributed by atoms with van der Waals surface area (Å²) in [4.78, 5) is 30.7. The quantitative estimate of drug-likeness (QED) is 0.318. The normalized spacial score (nSPS) is 14.6. The molecular weight excluding hydrogens is 422 g/mol. The molecule has 1 saturated heterocycles. The standard InChI is InChI=1S/C29H27N3O2/c33-28(27-26(24-13-5-2-6-14-24)22-25-15-7-8-17-32(25)27)29(34)31-20-18-30(19-21-31)16-9-12-23-10-3-1-4-11-23/h1-15,17,22H,16,18-21H2/b12-9+. The summed E-state index contributed by atoms with van der Waals surface area (Å²) in [5.74, 6) is -0.886. The fraction of sp³-hybridized carbons (Fsp3) is 0.172. The third kappa shape index (κ3) is 4.56. The van der Waals surface area contributed by atoms with Gasteiger partial charge in [-0.15, -0.1) is 0 Å². The molecule has 1 fully saturated rings. The lowest BCUT2D eigenvalue weighted by Crippen LogP contribution is -2.50. The minimum Gasteiger partial charge on any atom is -0.333 e. The highest BCUT2D eigenvalue weighted by Gasteiger charge is 2.30. The van der Waals surface area contributed by atoms with Gasteiger partial charge in [0.25, 0.3) is 11.7 Å². The van der Waals surface area contributed by atoms with E-state index >= 15 is 0 Å². The zero-order valence-corrected chi connectivity index (χ0v) is 19.0. The fourth-order valence-corrected chi connectivity index (χ4v) is 4.47. The van der Waals surface area contributed by atoms with Crippen LogP contribution in [0.4, 0.5) is 0 Å². The highest BCUT2D eigenvalue weighted by atomic mass is 16.2. The Bertz CT molecular complexity index is 1320. The molecule has 170 valence electrons. The number of benzene rings is 2. The zero-order chi connectivity index (χ0) is 23.3. The van der Waals surface area contributed by atoms with E-state index in [9.17, 15) is 9.59 Å². The van der Waals surface area contributed by atoms with E-state index in [2.05, 4.69) is 29.2 Å². The predicted octanol–water partition coefficient (Wildman–Crippen LogP) is 4.65. The summed E-state index contributed by atoms with van der Waals surface area (Å²) in [6.45, 7) is 3.42. The summed E-state index contributed by atoms with van der Waals surface area (Å²) in [6, 6.07) is 27.7. The zero-order valence-electron chi connectivity index (χ0n) is 19.0. The van der Waals surface area contributed by atoms with E-state index in [-0.39, 0.29) is 0 Å². The van der Waals surface area contributed by atoms with Gasteiger partial charge in [0, 0.05) is 50.0 Å². The number of piperazine rings is 1. The second-order valence-electron chi connectivity index (χ2n) is 8.50. The molecule has 5 nitrogen and oxygen atoms in total. The van der Waals surface area contributed by atoms with E-state index in [1.54, 1.807) is 4.90 Å². The molecule has 1 amide bonds. The number of nitrogens with zero attached hydrogens (tertiary/aromatic N) is 3. The highest BCUT2D eigenvalue weighted by Crippen LogP contribution is 2.28. The van der Waals surface area contributed by atoms with E-state index in [0.29, 0.717) is 18.8 Å². The number of hydrogen-bond donors (Lipinski definition) is 0. The first-order valence-corrected chi connectivity index (χ1v) is 11.6. The minimum atomic E-state index is -0.456. The first-order valence-electron chi connectivity index (χ1n) is 11.6. The lowest BCUT2D eigenvalue weighted by atomic mass is 10.0. The molecule has 0 aliphatic carbocycles. The molecule has 0 radical (unpaired) electrons. The van der Waals surface area contributed by atoms with Crippen molar-refractivity contribution in [2.24, 2.45) is 0 Å². The molecule has 5 rings (SSSR count). The van der Waals surface area contributed by atoms with Gasteiger partial charge in [0.1, 0.15) is 5.69 Å². The second kappa shape index (κ2) is 9.89. The van der Waals surface area contributed by atoms with Crippen LogP contribution in [0.5, 0.6) is 0 Å². The average Bonchev–Trinajstić information content (AvgIpc) is 3.29. The Balaban J connectivity index is 1.29. The first kappa shape index (κ1) is 21.9. The molecule has 5 heteroatoms. The van der Waals surface area contributed by atoms with Crippen LogP contribution >= 0.6 is 0 Å². The van der Waals surface area contributed by atoms with Crippen molar-refractivity contribution in [3.63, 3.8) is 0 Å². The monoisotopic (exact) mass is 449 g/mol. The van der Waals surface area contributed by atoms with Crippen molar-refractivity contribution in [1.29, 1.82) is 0 Å². The number of ketones is 1. The molecular formula is C29H27N3O2. The molecule has 0 N–H and O–H groups in total. The third-order valence-electron chi connectivity index (χ3n) is 6.31. The molecule has 0 unspecified atom stereocenters. The summed E-state index contributed by atoms with van der Waals surface area (Å²) >= 11 is 0. The molecule has 3 heterocycles. The van der Waals surface area contributed by atoms with Gasteiger partial charge >= 0.3 is 0 Å². The Morgan fingerprint density at radius 3 is 2.21 bits per heavy atom. The predicted molar refractivity (Wildman–Crippen MR) is 136 cm³/mol. The molecule has 1 aliphatic rings. The number of amides is 1. The molecule has 0 atom stereocenters. The topological polar surface area (TPSA) is 45.0 Å². The van der Waals surface area contributed by atoms with Gasteiger partial charge in [0.05, 0.1) is 0 Å². The van der Waals surface area contributed by atoms with Gasteiger partial charge in [-0.2, -0.15) is 0 Å². The van der Waals surface area contributed by atoms with Crippen molar-refractivity contribution >= 4 is 23.3 Å². The van der Waals surface area contributed by atoms with Crippen molar-refractivity contribution < 1.29 is 9.59 Å². The van der Waals surface area contributed by atoms with Crippen LogP contribution in [0, 0.1) is 0 Å². The van der Waals surface area contributed by atoms with E-state index in [1.807, 2.05) is 83.4 Å². The molecule has 2 aromatic heterocycles. The Kier molecular flexibility index (Phi) is 6.36. The van der Waals surface area contributed by atoms with Gasteiger partial charge in [-0.3, -0.25) is 14.5 Å². The first-order chi connectivity index (χ1) is 16.7. The van der Waals surface area contributed by atoms with Crippen molar-refractivity contribution in [1.82, 2.24) is 14.2 Å². The maximum absolute atomic E-state index is 13.5. The van der Waals surface area contributed by atoms with Gasteiger partial charge < -0.3 is 9.30 Å². The van der Waals surface area contributed by atoms with Crippen LogP contribution in [0.1, 0.15) is 16.1 Å². The molecule has 0 spiro atoms. The largest absolute Gasteiger partial charge is 0.333 e. The molecule has 0 bridgehead atoms. The smallest absolute Gasteiger partial charge is 0.296 e. The molecule has 2 aromatic carbocycles. The summed E-state index contributed by atoms with van der Waals surface area (Å²) in [7, 11) is 0. The van der Waals surface area contributed by atoms with Crippen LogP contribution in [0.2, 0.25) is 0 Å². The van der Waals surface area contributed by atoms with Gasteiger partial charge in [-0.25, -0.2) is 0 Å². The van der Waals surface area contributed by atoms with E-state index in [4.69, 9.17) is 0 Å². The van der Waals surface area contributed by atoms with Crippen LogP contribution < -0.4 is 0 Å². The number of carbonyl (C=O) groups is 2. The van der Waals surface area contributed by atoms with Crippen LogP contribution in [0.3, 0.4) is 0 Å². The number of rotatable bonds is 6. The highest BCUT2D eigenvalue weighted by molar-refractivity contribution is 6.43. The maximum atomic E-state index is 13.5. The van der Waals surface area contributed by atoms with Gasteiger partial charge in [-0.1, -0.05) is 78.9 Å². The lowest BCUT2D eigenvalue weighted by molar-refractivity contribution is -0.128. The number of Topliss-reactive ketones (excluding diaryl/α,β-unsaturated/α-hetero) is 1. The van der Waals surface area contributed by atoms with Crippen LogP contribution in [0.15, 0.2) is 97.2 Å². The maximum Gasteiger partial charge on any atom is 0.296 e. The van der Waals surface area contributed by atoms with Crippen molar-refractivity contribution in [3.8, 4) is 11.1 Å². The van der Waals surface area contributed by atoms with Gasteiger partial charge in [0.15, 0.2) is 0 Å². The second-order valence-corrected chi connectivity index (χ2v) is 8.50. The summed E-state index contributed by atoms with van der Waals surface area (Å²) < 4.78 is 1.83. The van der Waals surface area contributed by atoms with Crippen LogP contribution in [-0.4, -0.2) is 58.6 Å². The van der Waals surface area contributed by atoms with Gasteiger partial charge in [0.2, 0.25) is 0 Å². The Labute approximate surface area is 199 Å². The SMILES string of the molecule is O=C(C(=O)N1CCN(C/C=C/c2ccccc2)CC1)c1c(-c2ccccc2)cc2ccccn12. The number of aromatic nitrogens is 1. The van der Waals surface area contributed by atoms with Crippen LogP contribution in [-0.2, 0) is 4.79 Å². The Morgan fingerprint density at radius 2 is 1.47 bits per heavy atom. The van der Waals surface area contributed by atoms with E-state index in [1.165, 1.54) is 5.56 Å². The van der Waals surface area contributed by atoms with Crippen molar-refractivity contribution in [3.05, 3.63) is 108 Å². The Morgan fingerprint density at radius 1 is 0.794 bits per heavy atom. The summed E-state index contributed by atoms with van der Waals surface area (Å²) in [5, 5.41) is 0. The molecule has 4 aromatic rings. The number of pyridine rings is 1. The third-order valence-corrected chi connectivity index (χ3v) is 6.31. The minimum absolute atomic E-state index is 0.430. The van der Waals surface area contributed by atoms with Crippen molar-refractivity contribution in [2.75, 3.05) is 32.7 Å². The van der Waals surface area contributed by atoms with Gasteiger partial charge in [-0.05, 0) is 29.3 Å². The average molecular weight is 450 g/mol.